The fraction of sp³-hybridized carbons (Fsp3) is 0. The van der Waals surface area contributed by atoms with Crippen molar-refractivity contribution in [3.63, 3.8) is 0 Å². The van der Waals surface area contributed by atoms with Gasteiger partial charge in [0, 0.05) is 0 Å². The molecule has 0 aromatic carbocycles. The van der Waals surface area contributed by atoms with Crippen LogP contribution < -0.4 is 17.2 Å². The fourth-order valence-corrected chi connectivity index (χ4v) is 0.427. The molecule has 9 N–H and O–H groups in total. The number of nitrogens with two attached hydrogens (primary N) is 3. The van der Waals surface area contributed by atoms with Gasteiger partial charge in [0.25, 0.3) is 0 Å². The molecule has 10 heteroatoms. The van der Waals surface area contributed by atoms with E-state index in [1.54, 1.807) is 0 Å². The first kappa shape index (κ1) is 11.7. The third-order valence-electron chi connectivity index (χ3n) is 0.687. The van der Waals surface area contributed by atoms with Crippen molar-refractivity contribution in [3.8, 4) is 0 Å². The van der Waals surface area contributed by atoms with Gasteiger partial charge in [-0.2, -0.15) is 15.0 Å². The van der Waals surface area contributed by atoms with E-state index >= 15 is 0 Å². The highest BCUT2D eigenvalue weighted by molar-refractivity contribution is 7.38. The molecule has 1 heterocycles. The van der Waals surface area contributed by atoms with Crippen LogP contribution >= 0.6 is 8.60 Å². The Labute approximate surface area is 74.3 Å². The minimum absolute atomic E-state index is 0.0417. The molecule has 0 bridgehead atoms. The molecule has 0 unspecified atom stereocenters. The van der Waals surface area contributed by atoms with Gasteiger partial charge < -0.3 is 31.9 Å². The second-order valence-corrected chi connectivity index (χ2v) is 2.21. The molecule has 13 heavy (non-hydrogen) atoms. The Kier molecular flexibility index (Phi) is 4.85. The van der Waals surface area contributed by atoms with Crippen LogP contribution in [0.1, 0.15) is 0 Å². The molecule has 1 aromatic rings. The van der Waals surface area contributed by atoms with Crippen LogP contribution in [0.5, 0.6) is 0 Å². The smallest absolute Gasteiger partial charge is 0.324 e. The summed E-state index contributed by atoms with van der Waals surface area (Å²) in [6.07, 6.45) is 0. The largest absolute Gasteiger partial charge is 0.368 e. The summed E-state index contributed by atoms with van der Waals surface area (Å²) in [5, 5.41) is 0. The first-order valence-electron chi connectivity index (χ1n) is 2.81. The summed E-state index contributed by atoms with van der Waals surface area (Å²) in [5.41, 5.74) is 15.4. The van der Waals surface area contributed by atoms with Gasteiger partial charge in [0.15, 0.2) is 0 Å². The van der Waals surface area contributed by atoms with Crippen LogP contribution in [0.4, 0.5) is 17.8 Å². The Balaban J connectivity index is 0.000000310. The van der Waals surface area contributed by atoms with Gasteiger partial charge >= 0.3 is 8.60 Å². The van der Waals surface area contributed by atoms with Gasteiger partial charge in [0.2, 0.25) is 17.8 Å². The summed E-state index contributed by atoms with van der Waals surface area (Å²) in [6.45, 7) is 0. The summed E-state index contributed by atoms with van der Waals surface area (Å²) >= 11 is 0. The Morgan fingerprint density at radius 1 is 0.769 bits per heavy atom. The third-order valence-corrected chi connectivity index (χ3v) is 0.687. The summed E-state index contributed by atoms with van der Waals surface area (Å²) < 4.78 is 0. The molecule has 0 atom stereocenters. The molecule has 0 aliphatic heterocycles. The minimum Gasteiger partial charge on any atom is -0.368 e. The van der Waals surface area contributed by atoms with Crippen molar-refractivity contribution in [2.45, 2.75) is 0 Å². The third kappa shape index (κ3) is 7.09. The maximum Gasteiger partial charge on any atom is 0.324 e. The lowest BCUT2D eigenvalue weighted by Crippen LogP contribution is -2.05. The summed E-state index contributed by atoms with van der Waals surface area (Å²) in [5.74, 6) is 0.125. The maximum atomic E-state index is 7.23. The molecular formula is C3H9N6O3P. The monoisotopic (exact) mass is 208 g/mol. The molecule has 0 aliphatic rings. The van der Waals surface area contributed by atoms with Crippen molar-refractivity contribution >= 4 is 26.4 Å². The van der Waals surface area contributed by atoms with E-state index in [1.807, 2.05) is 0 Å². The first-order valence-corrected chi connectivity index (χ1v) is 4.01. The standard InChI is InChI=1S/C3H6N6.H3O3P/c4-1-7-2(5)9-3(6)8-1;1-4(2)3/h(H6,4,5,6,7,8,9);1-3H. The van der Waals surface area contributed by atoms with Gasteiger partial charge in [-0.3, -0.25) is 0 Å². The van der Waals surface area contributed by atoms with Crippen LogP contribution in [-0.2, 0) is 0 Å². The highest BCUT2D eigenvalue weighted by Crippen LogP contribution is 2.11. The summed E-state index contributed by atoms with van der Waals surface area (Å²) in [6, 6.07) is 0. The zero-order valence-corrected chi connectivity index (χ0v) is 7.26. The Morgan fingerprint density at radius 2 is 0.923 bits per heavy atom. The van der Waals surface area contributed by atoms with E-state index in [0.29, 0.717) is 0 Å². The lowest BCUT2D eigenvalue weighted by Gasteiger charge is -1.93. The molecule has 0 saturated heterocycles. The van der Waals surface area contributed by atoms with Crippen molar-refractivity contribution < 1.29 is 14.7 Å². The van der Waals surface area contributed by atoms with Crippen molar-refractivity contribution in [1.82, 2.24) is 15.0 Å². The Bertz CT molecular complexity index is 216. The van der Waals surface area contributed by atoms with E-state index in [2.05, 4.69) is 15.0 Å². The number of aromatic nitrogens is 3. The molecule has 0 radical (unpaired) electrons. The van der Waals surface area contributed by atoms with Crippen LogP contribution in [-0.4, -0.2) is 29.6 Å². The van der Waals surface area contributed by atoms with E-state index in [-0.39, 0.29) is 17.8 Å². The number of anilines is 3. The number of hydrogen-bond acceptors (Lipinski definition) is 9. The molecule has 0 amide bonds. The topological polar surface area (TPSA) is 177 Å². The number of nitrogens with zero attached hydrogens (tertiary/aromatic N) is 3. The van der Waals surface area contributed by atoms with Crippen LogP contribution in [0.3, 0.4) is 0 Å². The molecule has 1 rings (SSSR count). The predicted octanol–water partition coefficient (Wildman–Crippen LogP) is -2.19. The van der Waals surface area contributed by atoms with Gasteiger partial charge in [-0.05, 0) is 0 Å². The van der Waals surface area contributed by atoms with Crippen LogP contribution in [0, 0.1) is 0 Å². The molecule has 0 saturated carbocycles. The second kappa shape index (κ2) is 5.38. The average Bonchev–Trinajstić information content (AvgIpc) is 1.80. The number of nitrogen functional groups attached to an aromatic ring is 3. The zero-order chi connectivity index (χ0) is 10.4. The van der Waals surface area contributed by atoms with Crippen LogP contribution in [0.25, 0.3) is 0 Å². The molecule has 1 aromatic heterocycles. The predicted molar refractivity (Wildman–Crippen MR) is 46.6 cm³/mol. The molecule has 0 fully saturated rings. The zero-order valence-electron chi connectivity index (χ0n) is 6.36. The number of rotatable bonds is 0. The van der Waals surface area contributed by atoms with Crippen LogP contribution in [0.2, 0.25) is 0 Å². The van der Waals surface area contributed by atoms with Crippen molar-refractivity contribution in [2.24, 2.45) is 0 Å². The van der Waals surface area contributed by atoms with Gasteiger partial charge in [-0.1, -0.05) is 0 Å². The summed E-state index contributed by atoms with van der Waals surface area (Å²) in [7, 11) is -2.62. The van der Waals surface area contributed by atoms with Crippen molar-refractivity contribution in [1.29, 1.82) is 0 Å². The van der Waals surface area contributed by atoms with Crippen molar-refractivity contribution in [2.75, 3.05) is 17.2 Å². The van der Waals surface area contributed by atoms with E-state index < -0.39 is 8.60 Å². The van der Waals surface area contributed by atoms with E-state index in [4.69, 9.17) is 31.9 Å². The normalized spacial score (nSPS) is 9.23. The molecule has 74 valence electrons. The van der Waals surface area contributed by atoms with E-state index in [0.717, 1.165) is 0 Å². The van der Waals surface area contributed by atoms with Gasteiger partial charge in [-0.25, -0.2) is 0 Å². The lowest BCUT2D eigenvalue weighted by molar-refractivity contribution is 0.368. The van der Waals surface area contributed by atoms with Gasteiger partial charge in [-0.15, -0.1) is 0 Å². The van der Waals surface area contributed by atoms with Crippen molar-refractivity contribution in [3.05, 3.63) is 0 Å². The first-order chi connectivity index (χ1) is 5.91. The van der Waals surface area contributed by atoms with E-state index in [1.165, 1.54) is 0 Å². The van der Waals surface area contributed by atoms with E-state index in [9.17, 15) is 0 Å². The van der Waals surface area contributed by atoms with Crippen LogP contribution in [0.15, 0.2) is 0 Å². The summed E-state index contributed by atoms with van der Waals surface area (Å²) in [4.78, 5) is 32.2. The quantitative estimate of drug-likeness (QED) is 0.258. The average molecular weight is 208 g/mol. The minimum atomic E-state index is -2.62. The fourth-order valence-electron chi connectivity index (χ4n) is 0.427. The molecule has 0 spiro atoms. The highest BCUT2D eigenvalue weighted by Gasteiger charge is 1.93. The molecular weight excluding hydrogens is 199 g/mol. The van der Waals surface area contributed by atoms with Gasteiger partial charge in [0.05, 0.1) is 0 Å². The number of hydrogen-bond donors (Lipinski definition) is 6. The maximum absolute atomic E-state index is 7.23. The highest BCUT2D eigenvalue weighted by atomic mass is 31.2. The lowest BCUT2D eigenvalue weighted by atomic mass is 10.9. The Morgan fingerprint density at radius 3 is 1.08 bits per heavy atom. The SMILES string of the molecule is Nc1nc(N)nc(N)n1.OP(O)O. The molecule has 0 aliphatic carbocycles. The molecule has 9 nitrogen and oxygen atoms in total. The van der Waals surface area contributed by atoms with Gasteiger partial charge in [0.1, 0.15) is 0 Å². The Hall–Kier alpha value is -1.28. The second-order valence-electron chi connectivity index (χ2n) is 1.68.